The number of fused-ring (bicyclic) bond motifs is 1. The van der Waals surface area contributed by atoms with Gasteiger partial charge in [-0.25, -0.2) is 0 Å². The van der Waals surface area contributed by atoms with Crippen LogP contribution >= 0.6 is 0 Å². The Balaban J connectivity index is 1.79. The van der Waals surface area contributed by atoms with Gasteiger partial charge in [0.1, 0.15) is 0 Å². The minimum Gasteiger partial charge on any atom is -0.411 e. The summed E-state index contributed by atoms with van der Waals surface area (Å²) in [5.74, 6) is 0. The Morgan fingerprint density at radius 2 is 2.20 bits per heavy atom. The SMILES string of the molecule is CC1(C)CCC(CN2CC/C(=N/O)c3ccccc32)O1. The minimum atomic E-state index is 0.0116. The molecule has 1 atom stereocenters. The molecule has 0 amide bonds. The first-order valence-electron chi connectivity index (χ1n) is 7.32. The summed E-state index contributed by atoms with van der Waals surface area (Å²) < 4.78 is 6.10. The van der Waals surface area contributed by atoms with Gasteiger partial charge in [0.05, 0.1) is 17.4 Å². The predicted molar refractivity (Wildman–Crippen MR) is 79.8 cm³/mol. The van der Waals surface area contributed by atoms with Gasteiger partial charge in [0.25, 0.3) is 0 Å². The van der Waals surface area contributed by atoms with Crippen LogP contribution in [0.3, 0.4) is 0 Å². The number of nitrogens with zero attached hydrogens (tertiary/aromatic N) is 2. The van der Waals surface area contributed by atoms with Crippen LogP contribution in [0.2, 0.25) is 0 Å². The molecule has 1 unspecified atom stereocenters. The molecule has 4 heteroatoms. The van der Waals surface area contributed by atoms with Crippen LogP contribution < -0.4 is 4.90 Å². The number of oxime groups is 1. The van der Waals surface area contributed by atoms with Gasteiger partial charge in [-0.2, -0.15) is 0 Å². The van der Waals surface area contributed by atoms with Gasteiger partial charge in [-0.1, -0.05) is 23.4 Å². The molecule has 2 heterocycles. The lowest BCUT2D eigenvalue weighted by Crippen LogP contribution is -2.38. The van der Waals surface area contributed by atoms with Crippen molar-refractivity contribution in [3.05, 3.63) is 29.8 Å². The van der Waals surface area contributed by atoms with E-state index in [1.165, 1.54) is 0 Å². The molecule has 0 saturated carbocycles. The van der Waals surface area contributed by atoms with E-state index in [1.54, 1.807) is 0 Å². The fourth-order valence-corrected chi connectivity index (χ4v) is 3.23. The highest BCUT2D eigenvalue weighted by Gasteiger charge is 2.33. The first-order valence-corrected chi connectivity index (χ1v) is 7.32. The molecule has 1 aromatic rings. The zero-order valence-corrected chi connectivity index (χ0v) is 12.2. The van der Waals surface area contributed by atoms with Crippen molar-refractivity contribution in [3.8, 4) is 0 Å². The lowest BCUT2D eigenvalue weighted by atomic mass is 9.99. The average Bonchev–Trinajstić information content (AvgIpc) is 2.78. The Hall–Kier alpha value is -1.55. The number of ether oxygens (including phenoxy) is 1. The van der Waals surface area contributed by atoms with Crippen LogP contribution in [0.1, 0.15) is 38.7 Å². The summed E-state index contributed by atoms with van der Waals surface area (Å²) >= 11 is 0. The Bertz CT molecular complexity index is 525. The van der Waals surface area contributed by atoms with Gasteiger partial charge in [0.15, 0.2) is 0 Å². The minimum absolute atomic E-state index is 0.0116. The van der Waals surface area contributed by atoms with E-state index >= 15 is 0 Å². The second-order valence-corrected chi connectivity index (χ2v) is 6.30. The molecule has 3 rings (SSSR count). The molecule has 1 aromatic carbocycles. The van der Waals surface area contributed by atoms with Crippen LogP contribution in [0.4, 0.5) is 5.69 Å². The van der Waals surface area contributed by atoms with E-state index in [0.717, 1.165) is 49.3 Å². The molecule has 1 fully saturated rings. The fraction of sp³-hybridized carbons (Fsp3) is 0.562. The molecule has 2 aliphatic rings. The third-order valence-corrected chi connectivity index (χ3v) is 4.27. The summed E-state index contributed by atoms with van der Waals surface area (Å²) in [6.45, 7) is 6.12. The van der Waals surface area contributed by atoms with Gasteiger partial charge >= 0.3 is 0 Å². The average molecular weight is 274 g/mol. The highest BCUT2D eigenvalue weighted by Crippen LogP contribution is 2.33. The van der Waals surface area contributed by atoms with Gasteiger partial charge in [-0.05, 0) is 32.8 Å². The summed E-state index contributed by atoms with van der Waals surface area (Å²) in [4.78, 5) is 2.36. The lowest BCUT2D eigenvalue weighted by molar-refractivity contribution is -0.0115. The monoisotopic (exact) mass is 274 g/mol. The van der Waals surface area contributed by atoms with Crippen LogP contribution in [-0.2, 0) is 4.74 Å². The second-order valence-electron chi connectivity index (χ2n) is 6.30. The maximum Gasteiger partial charge on any atom is 0.0906 e. The van der Waals surface area contributed by atoms with Crippen molar-refractivity contribution < 1.29 is 9.94 Å². The normalized spacial score (nSPS) is 26.8. The number of rotatable bonds is 2. The molecule has 0 radical (unpaired) electrons. The molecule has 108 valence electrons. The van der Waals surface area contributed by atoms with E-state index in [2.05, 4.69) is 30.0 Å². The molecule has 0 aromatic heterocycles. The summed E-state index contributed by atoms with van der Waals surface area (Å²) in [5, 5.41) is 12.6. The molecule has 0 aliphatic carbocycles. The van der Waals surface area contributed by atoms with Crippen molar-refractivity contribution in [3.63, 3.8) is 0 Å². The van der Waals surface area contributed by atoms with Gasteiger partial charge in [0.2, 0.25) is 0 Å². The summed E-state index contributed by atoms with van der Waals surface area (Å²) in [6, 6.07) is 8.14. The number of hydrogen-bond donors (Lipinski definition) is 1. The zero-order valence-electron chi connectivity index (χ0n) is 12.2. The molecule has 4 nitrogen and oxygen atoms in total. The lowest BCUT2D eigenvalue weighted by Gasteiger charge is -2.33. The molecule has 1 N–H and O–H groups in total. The van der Waals surface area contributed by atoms with E-state index in [-0.39, 0.29) is 5.60 Å². The highest BCUT2D eigenvalue weighted by atomic mass is 16.5. The number of anilines is 1. The Morgan fingerprint density at radius 3 is 2.90 bits per heavy atom. The first-order chi connectivity index (χ1) is 9.59. The fourth-order valence-electron chi connectivity index (χ4n) is 3.23. The van der Waals surface area contributed by atoms with Crippen molar-refractivity contribution in [2.75, 3.05) is 18.0 Å². The molecule has 0 bridgehead atoms. The van der Waals surface area contributed by atoms with Gasteiger partial charge in [-0.15, -0.1) is 0 Å². The first kappa shape index (κ1) is 13.4. The predicted octanol–water partition coefficient (Wildman–Crippen LogP) is 3.03. The second kappa shape index (κ2) is 5.09. The Kier molecular flexibility index (Phi) is 3.42. The standard InChI is InChI=1S/C16H22N2O2/c1-16(2)9-7-12(20-16)11-18-10-8-14(17-19)13-5-3-4-6-15(13)18/h3-6,12,19H,7-11H2,1-2H3/b17-14-. The van der Waals surface area contributed by atoms with Crippen LogP contribution in [0.5, 0.6) is 0 Å². The molecular weight excluding hydrogens is 252 g/mol. The number of benzene rings is 1. The van der Waals surface area contributed by atoms with Crippen molar-refractivity contribution in [1.29, 1.82) is 0 Å². The molecule has 1 saturated heterocycles. The van der Waals surface area contributed by atoms with Crippen molar-refractivity contribution in [2.24, 2.45) is 5.16 Å². The third-order valence-electron chi connectivity index (χ3n) is 4.27. The van der Waals surface area contributed by atoms with E-state index in [9.17, 15) is 0 Å². The van der Waals surface area contributed by atoms with Crippen LogP contribution in [0, 0.1) is 0 Å². The van der Waals surface area contributed by atoms with Crippen molar-refractivity contribution in [2.45, 2.75) is 44.8 Å². The van der Waals surface area contributed by atoms with Crippen molar-refractivity contribution >= 4 is 11.4 Å². The maximum atomic E-state index is 9.12. The third kappa shape index (κ3) is 2.52. The summed E-state index contributed by atoms with van der Waals surface area (Å²) in [7, 11) is 0. The molecule has 0 spiro atoms. The smallest absolute Gasteiger partial charge is 0.0906 e. The van der Waals surface area contributed by atoms with E-state index < -0.39 is 0 Å². The maximum absolute atomic E-state index is 9.12. The van der Waals surface area contributed by atoms with E-state index in [4.69, 9.17) is 9.94 Å². The van der Waals surface area contributed by atoms with Crippen LogP contribution in [-0.4, -0.2) is 35.7 Å². The van der Waals surface area contributed by atoms with Gasteiger partial charge in [0, 0.05) is 30.8 Å². The summed E-state index contributed by atoms with van der Waals surface area (Å²) in [5.41, 5.74) is 2.99. The van der Waals surface area contributed by atoms with Gasteiger partial charge in [-0.3, -0.25) is 0 Å². The van der Waals surface area contributed by atoms with Crippen molar-refractivity contribution in [1.82, 2.24) is 0 Å². The quantitative estimate of drug-likeness (QED) is 0.666. The number of hydrogen-bond acceptors (Lipinski definition) is 4. The highest BCUT2D eigenvalue weighted by molar-refractivity contribution is 6.06. The number of para-hydroxylation sites is 1. The summed E-state index contributed by atoms with van der Waals surface area (Å²) in [6.07, 6.45) is 3.32. The van der Waals surface area contributed by atoms with E-state index in [0.29, 0.717) is 6.10 Å². The largest absolute Gasteiger partial charge is 0.411 e. The van der Waals surface area contributed by atoms with Crippen LogP contribution in [0.25, 0.3) is 0 Å². The molecular formula is C16H22N2O2. The molecule has 20 heavy (non-hydrogen) atoms. The Morgan fingerprint density at radius 1 is 1.40 bits per heavy atom. The Labute approximate surface area is 120 Å². The topological polar surface area (TPSA) is 45.1 Å². The van der Waals surface area contributed by atoms with Gasteiger partial charge < -0.3 is 14.8 Å². The molecule has 2 aliphatic heterocycles. The van der Waals surface area contributed by atoms with Crippen LogP contribution in [0.15, 0.2) is 29.4 Å². The van der Waals surface area contributed by atoms with E-state index in [1.807, 2.05) is 18.2 Å². The zero-order chi connectivity index (χ0) is 14.2.